The van der Waals surface area contributed by atoms with Crippen molar-refractivity contribution in [2.45, 2.75) is 19.3 Å². The zero-order valence-corrected chi connectivity index (χ0v) is 34.4. The molecule has 0 unspecified atom stereocenters. The lowest BCUT2D eigenvalue weighted by Gasteiger charge is -2.21. The average molecular weight is 793 g/mol. The largest absolute Gasteiger partial charge is 0.456 e. The van der Waals surface area contributed by atoms with Crippen LogP contribution in [0.5, 0.6) is 0 Å². The molecular formula is C59H40N2O. The molecule has 1 aliphatic rings. The Hall–Kier alpha value is -7.88. The van der Waals surface area contributed by atoms with Crippen LogP contribution in [-0.2, 0) is 5.41 Å². The molecule has 0 amide bonds. The van der Waals surface area contributed by atoms with E-state index in [0.717, 1.165) is 72.3 Å². The molecule has 0 spiro atoms. The maximum Gasteiger partial charge on any atom is 0.160 e. The van der Waals surface area contributed by atoms with Crippen molar-refractivity contribution in [1.82, 2.24) is 9.97 Å². The van der Waals surface area contributed by atoms with Crippen molar-refractivity contribution < 1.29 is 4.42 Å². The van der Waals surface area contributed by atoms with E-state index in [-0.39, 0.29) is 5.41 Å². The highest BCUT2D eigenvalue weighted by molar-refractivity contribution is 6.06. The van der Waals surface area contributed by atoms with Gasteiger partial charge in [-0.05, 0) is 115 Å². The second-order valence-electron chi connectivity index (χ2n) is 17.0. The lowest BCUT2D eigenvalue weighted by atomic mass is 9.82. The van der Waals surface area contributed by atoms with Crippen LogP contribution >= 0.6 is 0 Å². The molecule has 0 fully saturated rings. The molecule has 0 atom stereocenters. The molecule has 11 aromatic rings. The standard InChI is InChI=1S/C59H40N2O/c1-59(2)51-20-10-8-18-49(51)57-47(19-12-21-52(57)59)38-24-26-39(27-25-38)53-36-54(61-58(60-53)40-14-4-3-5-15-40)46-33-44(42-28-23-37-13-6-7-16-41(37)31-42)32-45(34-46)43-29-30-56-50(35-43)48-17-9-11-22-55(48)62-56/h3-36H,1-2H3. The smallest absolute Gasteiger partial charge is 0.160 e. The molecule has 1 aliphatic carbocycles. The Morgan fingerprint density at radius 2 is 0.952 bits per heavy atom. The highest BCUT2D eigenvalue weighted by atomic mass is 16.3. The van der Waals surface area contributed by atoms with Crippen LogP contribution in [0.2, 0.25) is 0 Å². The second-order valence-corrected chi connectivity index (χ2v) is 17.0. The van der Waals surface area contributed by atoms with Crippen LogP contribution in [0.15, 0.2) is 211 Å². The number of hydrogen-bond donors (Lipinski definition) is 0. The van der Waals surface area contributed by atoms with E-state index in [0.29, 0.717) is 5.82 Å². The zero-order valence-electron chi connectivity index (χ0n) is 34.4. The summed E-state index contributed by atoms with van der Waals surface area (Å²) >= 11 is 0. The molecule has 0 aliphatic heterocycles. The van der Waals surface area contributed by atoms with E-state index in [9.17, 15) is 0 Å². The van der Waals surface area contributed by atoms with Crippen molar-refractivity contribution in [2.24, 2.45) is 0 Å². The van der Waals surface area contributed by atoms with Crippen molar-refractivity contribution in [1.29, 1.82) is 0 Å². The molecule has 0 bridgehead atoms. The van der Waals surface area contributed by atoms with Gasteiger partial charge in [0.2, 0.25) is 0 Å². The number of furan rings is 1. The molecule has 0 saturated carbocycles. The maximum absolute atomic E-state index is 6.24. The molecule has 2 aromatic heterocycles. The summed E-state index contributed by atoms with van der Waals surface area (Å²) in [6.45, 7) is 4.67. The molecule has 0 radical (unpaired) electrons. The molecule has 12 rings (SSSR count). The van der Waals surface area contributed by atoms with Gasteiger partial charge in [0.15, 0.2) is 5.82 Å². The number of para-hydroxylation sites is 1. The Kier molecular flexibility index (Phi) is 8.20. The van der Waals surface area contributed by atoms with E-state index >= 15 is 0 Å². The van der Waals surface area contributed by atoms with Gasteiger partial charge >= 0.3 is 0 Å². The highest BCUT2D eigenvalue weighted by Crippen LogP contribution is 2.52. The van der Waals surface area contributed by atoms with Crippen LogP contribution in [0, 0.1) is 0 Å². The Morgan fingerprint density at radius 1 is 0.355 bits per heavy atom. The van der Waals surface area contributed by atoms with Gasteiger partial charge in [0.05, 0.1) is 11.4 Å². The van der Waals surface area contributed by atoms with Gasteiger partial charge in [0.1, 0.15) is 11.2 Å². The third-order valence-corrected chi connectivity index (χ3v) is 12.9. The maximum atomic E-state index is 6.24. The first-order valence-electron chi connectivity index (χ1n) is 21.3. The molecule has 2 heterocycles. The molecule has 0 saturated heterocycles. The molecular weight excluding hydrogens is 753 g/mol. The minimum atomic E-state index is -0.0566. The van der Waals surface area contributed by atoms with Gasteiger partial charge in [0, 0.05) is 32.9 Å². The summed E-state index contributed by atoms with van der Waals surface area (Å²) in [6.07, 6.45) is 0. The Balaban J connectivity index is 1.02. The fraction of sp³-hybridized carbons (Fsp3) is 0.0508. The van der Waals surface area contributed by atoms with Gasteiger partial charge in [-0.3, -0.25) is 0 Å². The van der Waals surface area contributed by atoms with E-state index in [2.05, 4.69) is 190 Å². The number of benzene rings is 9. The summed E-state index contributed by atoms with van der Waals surface area (Å²) in [7, 11) is 0. The van der Waals surface area contributed by atoms with Crippen LogP contribution in [0.1, 0.15) is 25.0 Å². The van der Waals surface area contributed by atoms with E-state index in [1.54, 1.807) is 0 Å². The summed E-state index contributed by atoms with van der Waals surface area (Å²) in [4.78, 5) is 10.6. The van der Waals surface area contributed by atoms with E-state index in [4.69, 9.17) is 14.4 Å². The normalized spacial score (nSPS) is 12.8. The van der Waals surface area contributed by atoms with Crippen LogP contribution in [0.25, 0.3) is 111 Å². The summed E-state index contributed by atoms with van der Waals surface area (Å²) < 4.78 is 6.24. The van der Waals surface area contributed by atoms with Crippen LogP contribution in [0.3, 0.4) is 0 Å². The fourth-order valence-electron chi connectivity index (χ4n) is 9.66. The number of aromatic nitrogens is 2. The minimum absolute atomic E-state index is 0.0566. The van der Waals surface area contributed by atoms with Crippen LogP contribution in [0.4, 0.5) is 0 Å². The second kappa shape index (κ2) is 14.1. The Bertz CT molecular complexity index is 3540. The first-order valence-corrected chi connectivity index (χ1v) is 21.3. The molecule has 9 aromatic carbocycles. The monoisotopic (exact) mass is 792 g/mol. The van der Waals surface area contributed by atoms with Crippen molar-refractivity contribution in [3.8, 4) is 78.4 Å². The van der Waals surface area contributed by atoms with Gasteiger partial charge in [-0.15, -0.1) is 0 Å². The third kappa shape index (κ3) is 5.96. The first-order chi connectivity index (χ1) is 30.4. The van der Waals surface area contributed by atoms with Crippen LogP contribution < -0.4 is 0 Å². The Labute approximate surface area is 360 Å². The topological polar surface area (TPSA) is 38.9 Å². The molecule has 292 valence electrons. The predicted molar refractivity (Wildman–Crippen MR) is 257 cm³/mol. The van der Waals surface area contributed by atoms with Gasteiger partial charge in [-0.25, -0.2) is 9.97 Å². The lowest BCUT2D eigenvalue weighted by molar-refractivity contribution is 0.660. The minimum Gasteiger partial charge on any atom is -0.456 e. The average Bonchev–Trinajstić information content (AvgIpc) is 3.82. The molecule has 3 heteroatoms. The Morgan fingerprint density at radius 3 is 1.79 bits per heavy atom. The van der Waals surface area contributed by atoms with Gasteiger partial charge in [-0.2, -0.15) is 0 Å². The zero-order chi connectivity index (χ0) is 41.4. The van der Waals surface area contributed by atoms with E-state index < -0.39 is 0 Å². The summed E-state index contributed by atoms with van der Waals surface area (Å²) in [5.41, 5.74) is 18.8. The third-order valence-electron chi connectivity index (χ3n) is 12.9. The molecule has 3 nitrogen and oxygen atoms in total. The summed E-state index contributed by atoms with van der Waals surface area (Å²) in [5.74, 6) is 0.686. The first kappa shape index (κ1) is 36.0. The van der Waals surface area contributed by atoms with E-state index in [1.807, 2.05) is 30.3 Å². The van der Waals surface area contributed by atoms with Crippen molar-refractivity contribution in [3.05, 3.63) is 217 Å². The number of rotatable bonds is 6. The lowest BCUT2D eigenvalue weighted by Crippen LogP contribution is -2.14. The van der Waals surface area contributed by atoms with Gasteiger partial charge in [0.25, 0.3) is 0 Å². The van der Waals surface area contributed by atoms with E-state index in [1.165, 1.54) is 44.2 Å². The van der Waals surface area contributed by atoms with Crippen molar-refractivity contribution in [3.63, 3.8) is 0 Å². The number of nitrogens with zero attached hydrogens (tertiary/aromatic N) is 2. The van der Waals surface area contributed by atoms with Gasteiger partial charge < -0.3 is 4.42 Å². The quantitative estimate of drug-likeness (QED) is 0.168. The number of fused-ring (bicyclic) bond motifs is 7. The summed E-state index contributed by atoms with van der Waals surface area (Å²) in [5, 5.41) is 4.63. The van der Waals surface area contributed by atoms with Crippen molar-refractivity contribution >= 4 is 32.7 Å². The van der Waals surface area contributed by atoms with Crippen molar-refractivity contribution in [2.75, 3.05) is 0 Å². The highest BCUT2D eigenvalue weighted by Gasteiger charge is 2.36. The number of hydrogen-bond acceptors (Lipinski definition) is 3. The van der Waals surface area contributed by atoms with Crippen LogP contribution in [-0.4, -0.2) is 9.97 Å². The SMILES string of the molecule is CC1(C)c2ccccc2-c2c(-c3ccc(-c4cc(-c5cc(-c6ccc7ccccc7c6)cc(-c6ccc7oc8ccccc8c7c6)c5)nc(-c5ccccc5)n4)cc3)cccc21. The molecule has 0 N–H and O–H groups in total. The predicted octanol–water partition coefficient (Wildman–Crippen LogP) is 15.8. The fourth-order valence-corrected chi connectivity index (χ4v) is 9.66. The van der Waals surface area contributed by atoms with Gasteiger partial charge in [-0.1, -0.05) is 172 Å². The summed E-state index contributed by atoms with van der Waals surface area (Å²) in [6, 6.07) is 73.9. The molecule has 62 heavy (non-hydrogen) atoms.